The largest absolute Gasteiger partial charge is 0.461 e. The number of carbonyl (C=O) groups excluding carboxylic acids is 2. The van der Waals surface area contributed by atoms with Gasteiger partial charge in [0.1, 0.15) is 18.1 Å². The van der Waals surface area contributed by atoms with Crippen molar-refractivity contribution in [2.24, 2.45) is 5.92 Å². The maximum absolute atomic E-state index is 12.2. The van der Waals surface area contributed by atoms with E-state index in [9.17, 15) is 9.59 Å². The Kier molecular flexibility index (Phi) is 5.42. The van der Waals surface area contributed by atoms with Gasteiger partial charge >= 0.3 is 0 Å². The molecule has 0 bridgehead atoms. The van der Waals surface area contributed by atoms with Crippen LogP contribution in [-0.2, 0) is 27.3 Å². The molecular formula is C20H24N2O4. The molecule has 0 saturated heterocycles. The van der Waals surface area contributed by atoms with E-state index in [4.69, 9.17) is 9.15 Å². The molecule has 1 aromatic heterocycles. The Morgan fingerprint density at radius 1 is 1.31 bits per heavy atom. The molecule has 0 radical (unpaired) electrons. The number of hydrogen-bond acceptors (Lipinski definition) is 4. The zero-order valence-corrected chi connectivity index (χ0v) is 15.4. The van der Waals surface area contributed by atoms with E-state index in [1.165, 1.54) is 7.11 Å². The molecule has 2 amide bonds. The number of amides is 2. The van der Waals surface area contributed by atoms with Crippen LogP contribution in [0.2, 0.25) is 0 Å². The zero-order chi connectivity index (χ0) is 18.7. The first kappa shape index (κ1) is 18.2. The molecule has 1 aliphatic rings. The summed E-state index contributed by atoms with van der Waals surface area (Å²) in [4.78, 5) is 25.8. The van der Waals surface area contributed by atoms with Crippen molar-refractivity contribution in [3.63, 3.8) is 0 Å². The Bertz CT molecular complexity index is 810. The highest BCUT2D eigenvalue weighted by Gasteiger charge is 2.25. The molecule has 3 rings (SSSR count). The van der Waals surface area contributed by atoms with E-state index >= 15 is 0 Å². The molecule has 1 N–H and O–H groups in total. The first-order chi connectivity index (χ1) is 12.5. The third-order valence-electron chi connectivity index (χ3n) is 4.38. The molecular weight excluding hydrogens is 332 g/mol. The van der Waals surface area contributed by atoms with Crippen LogP contribution < -0.4 is 5.32 Å². The lowest BCUT2D eigenvalue weighted by atomic mass is 10.1. The van der Waals surface area contributed by atoms with Crippen LogP contribution in [0.15, 0.2) is 34.7 Å². The third-order valence-corrected chi connectivity index (χ3v) is 4.38. The number of hydrogen-bond donors (Lipinski definition) is 1. The molecule has 6 nitrogen and oxygen atoms in total. The Labute approximate surface area is 153 Å². The summed E-state index contributed by atoms with van der Waals surface area (Å²) in [7, 11) is 1.48. The van der Waals surface area contributed by atoms with Crippen LogP contribution in [0.1, 0.15) is 25.2 Å². The fourth-order valence-electron chi connectivity index (χ4n) is 3.11. The van der Waals surface area contributed by atoms with E-state index in [-0.39, 0.29) is 24.3 Å². The molecule has 1 aromatic carbocycles. The summed E-state index contributed by atoms with van der Waals surface area (Å²) < 4.78 is 10.8. The lowest BCUT2D eigenvalue weighted by Crippen LogP contribution is -2.37. The van der Waals surface area contributed by atoms with Crippen LogP contribution >= 0.6 is 0 Å². The number of ether oxygens (including phenoxy) is 1. The Morgan fingerprint density at radius 2 is 2.12 bits per heavy atom. The monoisotopic (exact) mass is 356 g/mol. The van der Waals surface area contributed by atoms with Crippen molar-refractivity contribution < 1.29 is 18.7 Å². The standard InChI is InChI=1S/C20H24N2O4/c1-13(2)20(24)22-8-7-17-15(11-22)10-18(26-17)14-5-4-6-16(9-14)21-19(23)12-25-3/h4-6,9-10,13H,7-8,11-12H2,1-3H3,(H,21,23). The topological polar surface area (TPSA) is 71.8 Å². The second kappa shape index (κ2) is 7.74. The Morgan fingerprint density at radius 3 is 2.85 bits per heavy atom. The van der Waals surface area contributed by atoms with Gasteiger partial charge in [-0.05, 0) is 18.2 Å². The summed E-state index contributed by atoms with van der Waals surface area (Å²) in [6.07, 6.45) is 0.720. The van der Waals surface area contributed by atoms with Gasteiger partial charge in [-0.2, -0.15) is 0 Å². The molecule has 138 valence electrons. The molecule has 6 heteroatoms. The minimum absolute atomic E-state index is 0.00434. The Hall–Kier alpha value is -2.60. The van der Waals surface area contributed by atoms with E-state index in [0.29, 0.717) is 18.8 Å². The maximum atomic E-state index is 12.2. The smallest absolute Gasteiger partial charge is 0.250 e. The van der Waals surface area contributed by atoms with Gasteiger partial charge in [0.2, 0.25) is 11.8 Å². The predicted octanol–water partition coefficient (Wildman–Crippen LogP) is 3.07. The van der Waals surface area contributed by atoms with Gasteiger partial charge in [-0.25, -0.2) is 0 Å². The van der Waals surface area contributed by atoms with Crippen LogP contribution in [-0.4, -0.2) is 37.0 Å². The van der Waals surface area contributed by atoms with Crippen molar-refractivity contribution >= 4 is 17.5 Å². The fraction of sp³-hybridized carbons (Fsp3) is 0.400. The van der Waals surface area contributed by atoms with Gasteiger partial charge in [0.15, 0.2) is 0 Å². The van der Waals surface area contributed by atoms with Crippen LogP contribution in [0.25, 0.3) is 11.3 Å². The minimum atomic E-state index is -0.203. The molecule has 1 aliphatic heterocycles. The summed E-state index contributed by atoms with van der Waals surface area (Å²) in [6, 6.07) is 9.49. The molecule has 26 heavy (non-hydrogen) atoms. The number of nitrogens with zero attached hydrogens (tertiary/aromatic N) is 1. The number of furan rings is 1. The SMILES string of the molecule is COCC(=O)Nc1cccc(-c2cc3c(o2)CCN(C(=O)C(C)C)C3)c1. The van der Waals surface area contributed by atoms with Crippen LogP contribution in [0.4, 0.5) is 5.69 Å². The van der Waals surface area contributed by atoms with Gasteiger partial charge in [0.05, 0.1) is 0 Å². The number of carbonyl (C=O) groups is 2. The lowest BCUT2D eigenvalue weighted by Gasteiger charge is -2.27. The van der Waals surface area contributed by atoms with Gasteiger partial charge in [0, 0.05) is 49.4 Å². The third kappa shape index (κ3) is 3.96. The van der Waals surface area contributed by atoms with Crippen molar-refractivity contribution in [3.8, 4) is 11.3 Å². The van der Waals surface area contributed by atoms with Gasteiger partial charge in [-0.15, -0.1) is 0 Å². The normalized spacial score (nSPS) is 13.6. The molecule has 0 unspecified atom stereocenters. The van der Waals surface area contributed by atoms with Gasteiger partial charge < -0.3 is 19.4 Å². The Balaban J connectivity index is 1.78. The van der Waals surface area contributed by atoms with Gasteiger partial charge in [-0.3, -0.25) is 9.59 Å². The summed E-state index contributed by atoms with van der Waals surface area (Å²) in [5, 5.41) is 2.79. The summed E-state index contributed by atoms with van der Waals surface area (Å²) >= 11 is 0. The van der Waals surface area contributed by atoms with E-state index < -0.39 is 0 Å². The van der Waals surface area contributed by atoms with Crippen molar-refractivity contribution in [2.45, 2.75) is 26.8 Å². The number of anilines is 1. The highest BCUT2D eigenvalue weighted by atomic mass is 16.5. The van der Waals surface area contributed by atoms with Crippen molar-refractivity contribution in [1.29, 1.82) is 0 Å². The fourth-order valence-corrected chi connectivity index (χ4v) is 3.11. The molecule has 0 aliphatic carbocycles. The molecule has 0 spiro atoms. The van der Waals surface area contributed by atoms with Crippen molar-refractivity contribution in [3.05, 3.63) is 41.7 Å². The molecule has 0 saturated carbocycles. The van der Waals surface area contributed by atoms with Crippen molar-refractivity contribution in [1.82, 2.24) is 4.90 Å². The second-order valence-corrected chi connectivity index (χ2v) is 6.79. The number of rotatable bonds is 5. The molecule has 2 aromatic rings. The van der Waals surface area contributed by atoms with Gasteiger partial charge in [0.25, 0.3) is 0 Å². The number of nitrogens with one attached hydrogen (secondary N) is 1. The summed E-state index contributed by atoms with van der Waals surface area (Å²) in [5.41, 5.74) is 2.63. The number of fused-ring (bicyclic) bond motifs is 1. The number of methoxy groups -OCH3 is 1. The highest BCUT2D eigenvalue weighted by molar-refractivity contribution is 5.92. The van der Waals surface area contributed by atoms with E-state index in [1.807, 2.05) is 49.1 Å². The van der Waals surface area contributed by atoms with Crippen LogP contribution in [0.5, 0.6) is 0 Å². The molecule has 0 atom stereocenters. The minimum Gasteiger partial charge on any atom is -0.461 e. The highest BCUT2D eigenvalue weighted by Crippen LogP contribution is 2.31. The van der Waals surface area contributed by atoms with Crippen molar-refractivity contribution in [2.75, 3.05) is 25.6 Å². The summed E-state index contributed by atoms with van der Waals surface area (Å²) in [5.74, 6) is 1.64. The van der Waals surface area contributed by atoms with Gasteiger partial charge in [-0.1, -0.05) is 26.0 Å². The first-order valence-electron chi connectivity index (χ1n) is 8.77. The quantitative estimate of drug-likeness (QED) is 0.894. The molecule has 2 heterocycles. The van der Waals surface area contributed by atoms with E-state index in [0.717, 1.165) is 29.1 Å². The maximum Gasteiger partial charge on any atom is 0.250 e. The van der Waals surface area contributed by atoms with E-state index in [2.05, 4.69) is 5.32 Å². The lowest BCUT2D eigenvalue weighted by molar-refractivity contribution is -0.135. The zero-order valence-electron chi connectivity index (χ0n) is 15.4. The van der Waals surface area contributed by atoms with E-state index in [1.54, 1.807) is 0 Å². The first-order valence-corrected chi connectivity index (χ1v) is 8.77. The summed E-state index contributed by atoms with van der Waals surface area (Å²) in [6.45, 7) is 5.12. The average molecular weight is 356 g/mol. The average Bonchev–Trinajstić information content (AvgIpc) is 3.04. The predicted molar refractivity (Wildman–Crippen MR) is 98.6 cm³/mol. The number of benzene rings is 1. The van der Waals surface area contributed by atoms with Crippen LogP contribution in [0, 0.1) is 5.92 Å². The second-order valence-electron chi connectivity index (χ2n) is 6.79. The van der Waals surface area contributed by atoms with Crippen LogP contribution in [0.3, 0.4) is 0 Å². The molecule has 0 fully saturated rings.